The minimum atomic E-state index is -1.26. The van der Waals surface area contributed by atoms with Crippen LogP contribution in [0, 0.1) is 0 Å². The molecule has 18 heavy (non-hydrogen) atoms. The van der Waals surface area contributed by atoms with Crippen LogP contribution >= 0.6 is 0 Å². The average molecular weight is 248 g/mol. The van der Waals surface area contributed by atoms with Crippen LogP contribution in [0.25, 0.3) is 5.57 Å². The minimum absolute atomic E-state index is 0.204. The van der Waals surface area contributed by atoms with Crippen molar-refractivity contribution in [1.82, 2.24) is 0 Å². The number of carboxylic acids is 2. The molecular weight excluding hydrogens is 232 g/mol. The fraction of sp³-hybridized carbons (Fsp3) is 0.286. The van der Waals surface area contributed by atoms with E-state index >= 15 is 0 Å². The van der Waals surface area contributed by atoms with Crippen LogP contribution in [-0.2, 0) is 16.0 Å². The van der Waals surface area contributed by atoms with Gasteiger partial charge in [0.05, 0.1) is 5.57 Å². The van der Waals surface area contributed by atoms with Crippen molar-refractivity contribution in [2.75, 3.05) is 0 Å². The number of benzene rings is 1. The maximum absolute atomic E-state index is 11.0. The van der Waals surface area contributed by atoms with Gasteiger partial charge in [-0.3, -0.25) is 0 Å². The van der Waals surface area contributed by atoms with Gasteiger partial charge in [-0.25, -0.2) is 9.59 Å². The van der Waals surface area contributed by atoms with Gasteiger partial charge >= 0.3 is 11.9 Å². The third-order valence-corrected chi connectivity index (χ3v) is 2.58. The molecule has 0 heterocycles. The van der Waals surface area contributed by atoms with Crippen LogP contribution in [-0.4, -0.2) is 22.2 Å². The van der Waals surface area contributed by atoms with Crippen molar-refractivity contribution in [3.05, 3.63) is 41.5 Å². The molecule has 1 rings (SSSR count). The zero-order valence-corrected chi connectivity index (χ0v) is 10.2. The fourth-order valence-corrected chi connectivity index (χ4v) is 1.62. The highest BCUT2D eigenvalue weighted by atomic mass is 16.4. The van der Waals surface area contributed by atoms with E-state index in [2.05, 4.69) is 6.92 Å². The monoisotopic (exact) mass is 248 g/mol. The Bertz CT molecular complexity index is 457. The van der Waals surface area contributed by atoms with Gasteiger partial charge in [0.2, 0.25) is 0 Å². The Balaban J connectivity index is 2.94. The second kappa shape index (κ2) is 6.59. The molecule has 0 fully saturated rings. The Hall–Kier alpha value is -2.10. The van der Waals surface area contributed by atoms with Gasteiger partial charge < -0.3 is 10.2 Å². The van der Waals surface area contributed by atoms with Gasteiger partial charge in [0.25, 0.3) is 0 Å². The lowest BCUT2D eigenvalue weighted by Gasteiger charge is -2.04. The molecule has 1 aromatic carbocycles. The van der Waals surface area contributed by atoms with Crippen LogP contribution < -0.4 is 0 Å². The molecule has 1 aromatic rings. The Morgan fingerprint density at radius 1 is 1.17 bits per heavy atom. The highest BCUT2D eigenvalue weighted by molar-refractivity contribution is 6.19. The third kappa shape index (κ3) is 4.05. The van der Waals surface area contributed by atoms with E-state index in [0.717, 1.165) is 24.8 Å². The van der Waals surface area contributed by atoms with Crippen molar-refractivity contribution in [3.8, 4) is 0 Å². The minimum Gasteiger partial charge on any atom is -0.478 e. The highest BCUT2D eigenvalue weighted by Crippen LogP contribution is 2.16. The van der Waals surface area contributed by atoms with E-state index < -0.39 is 11.9 Å². The van der Waals surface area contributed by atoms with Gasteiger partial charge in [-0.1, -0.05) is 37.6 Å². The molecule has 0 aromatic heterocycles. The van der Waals surface area contributed by atoms with Crippen molar-refractivity contribution < 1.29 is 19.8 Å². The predicted octanol–water partition coefficient (Wildman–Crippen LogP) is 2.58. The first-order valence-electron chi connectivity index (χ1n) is 5.81. The maximum Gasteiger partial charge on any atom is 0.336 e. The molecule has 0 amide bonds. The van der Waals surface area contributed by atoms with Gasteiger partial charge in [-0.05, 0) is 24.0 Å². The number of aryl methyl sites for hydroxylation is 1. The summed E-state index contributed by atoms with van der Waals surface area (Å²) in [5.41, 5.74) is 1.33. The van der Waals surface area contributed by atoms with E-state index in [1.807, 2.05) is 12.1 Å². The Kier molecular flexibility index (Phi) is 5.11. The normalized spacial score (nSPS) is 11.3. The molecule has 0 atom stereocenters. The number of aliphatic carboxylic acids is 2. The summed E-state index contributed by atoms with van der Waals surface area (Å²) in [5, 5.41) is 17.6. The molecule has 0 unspecified atom stereocenters. The van der Waals surface area contributed by atoms with Gasteiger partial charge in [-0.2, -0.15) is 0 Å². The summed E-state index contributed by atoms with van der Waals surface area (Å²) in [4.78, 5) is 21.5. The molecule has 0 spiro atoms. The molecule has 0 saturated heterocycles. The molecule has 4 nitrogen and oxygen atoms in total. The largest absolute Gasteiger partial charge is 0.478 e. The highest BCUT2D eigenvalue weighted by Gasteiger charge is 2.11. The Morgan fingerprint density at radius 2 is 1.78 bits per heavy atom. The van der Waals surface area contributed by atoms with Crippen LogP contribution in [0.4, 0.5) is 0 Å². The summed E-state index contributed by atoms with van der Waals surface area (Å²) in [6.07, 6.45) is 3.84. The van der Waals surface area contributed by atoms with Crippen LogP contribution in [0.15, 0.2) is 30.3 Å². The standard InChI is InChI=1S/C14H16O4/c1-2-3-4-10-5-7-11(8-6-10)12(14(17)18)9-13(15)16/h5-9H,2-4H2,1H3,(H,15,16)(H,17,18)/b12-9-. The van der Waals surface area contributed by atoms with E-state index in [-0.39, 0.29) is 5.57 Å². The molecule has 96 valence electrons. The van der Waals surface area contributed by atoms with E-state index in [4.69, 9.17) is 10.2 Å². The topological polar surface area (TPSA) is 74.6 Å². The molecule has 4 heteroatoms. The first-order chi connectivity index (χ1) is 8.54. The van der Waals surface area contributed by atoms with Crippen LogP contribution in [0.3, 0.4) is 0 Å². The number of rotatable bonds is 6. The fourth-order valence-electron chi connectivity index (χ4n) is 1.62. The zero-order chi connectivity index (χ0) is 13.5. The van der Waals surface area contributed by atoms with Crippen LogP contribution in [0.2, 0.25) is 0 Å². The smallest absolute Gasteiger partial charge is 0.336 e. The maximum atomic E-state index is 11.0. The lowest BCUT2D eigenvalue weighted by atomic mass is 10.0. The van der Waals surface area contributed by atoms with E-state index in [0.29, 0.717) is 11.6 Å². The Morgan fingerprint density at radius 3 is 2.22 bits per heavy atom. The van der Waals surface area contributed by atoms with Crippen molar-refractivity contribution in [3.63, 3.8) is 0 Å². The molecule has 0 aliphatic heterocycles. The summed E-state index contributed by atoms with van der Waals surface area (Å²) in [5.74, 6) is -2.50. The Labute approximate surface area is 106 Å². The summed E-state index contributed by atoms with van der Waals surface area (Å²) in [7, 11) is 0. The van der Waals surface area contributed by atoms with E-state index in [1.54, 1.807) is 12.1 Å². The van der Waals surface area contributed by atoms with Gasteiger partial charge in [0.15, 0.2) is 0 Å². The molecule has 0 aliphatic rings. The van der Waals surface area contributed by atoms with Crippen LogP contribution in [0.1, 0.15) is 30.9 Å². The average Bonchev–Trinajstić information content (AvgIpc) is 2.34. The molecular formula is C14H16O4. The lowest BCUT2D eigenvalue weighted by Crippen LogP contribution is -2.03. The summed E-state index contributed by atoms with van der Waals surface area (Å²) in [6, 6.07) is 6.97. The first kappa shape index (κ1) is 14.0. The second-order valence-electron chi connectivity index (χ2n) is 4.00. The summed E-state index contributed by atoms with van der Waals surface area (Å²) in [6.45, 7) is 2.10. The van der Waals surface area contributed by atoms with Crippen molar-refractivity contribution in [1.29, 1.82) is 0 Å². The lowest BCUT2D eigenvalue weighted by molar-refractivity contribution is -0.133. The first-order valence-corrected chi connectivity index (χ1v) is 5.81. The predicted molar refractivity (Wildman–Crippen MR) is 68.3 cm³/mol. The molecule has 0 bridgehead atoms. The number of carbonyl (C=O) groups is 2. The molecule has 0 radical (unpaired) electrons. The van der Waals surface area contributed by atoms with Crippen molar-refractivity contribution in [2.24, 2.45) is 0 Å². The number of hydrogen-bond acceptors (Lipinski definition) is 2. The molecule has 0 aliphatic carbocycles. The summed E-state index contributed by atoms with van der Waals surface area (Å²) >= 11 is 0. The third-order valence-electron chi connectivity index (χ3n) is 2.58. The quantitative estimate of drug-likeness (QED) is 0.759. The van der Waals surface area contributed by atoms with E-state index in [1.165, 1.54) is 0 Å². The second-order valence-corrected chi connectivity index (χ2v) is 4.00. The zero-order valence-electron chi connectivity index (χ0n) is 10.2. The van der Waals surface area contributed by atoms with Crippen molar-refractivity contribution in [2.45, 2.75) is 26.2 Å². The molecule has 2 N–H and O–H groups in total. The van der Waals surface area contributed by atoms with E-state index in [9.17, 15) is 9.59 Å². The number of hydrogen-bond donors (Lipinski definition) is 2. The molecule has 0 saturated carbocycles. The SMILES string of the molecule is CCCCc1ccc(/C(=C/C(=O)O)C(=O)O)cc1. The van der Waals surface area contributed by atoms with Gasteiger partial charge in [0.1, 0.15) is 0 Å². The summed E-state index contributed by atoms with van der Waals surface area (Å²) < 4.78 is 0. The van der Waals surface area contributed by atoms with Gasteiger partial charge in [-0.15, -0.1) is 0 Å². The number of carboxylic acid groups (broad SMARTS) is 2. The van der Waals surface area contributed by atoms with Crippen molar-refractivity contribution >= 4 is 17.5 Å². The number of unbranched alkanes of at least 4 members (excludes halogenated alkanes) is 1. The van der Waals surface area contributed by atoms with Gasteiger partial charge in [0, 0.05) is 6.08 Å². The van der Waals surface area contributed by atoms with Crippen LogP contribution in [0.5, 0.6) is 0 Å².